The van der Waals surface area contributed by atoms with Gasteiger partial charge in [-0.2, -0.15) is 0 Å². The molecule has 0 atom stereocenters. The van der Waals surface area contributed by atoms with Gasteiger partial charge in [0.25, 0.3) is 0 Å². The van der Waals surface area contributed by atoms with E-state index in [0.29, 0.717) is 17.3 Å². The molecule has 1 saturated carbocycles. The number of aromatic carboxylic acids is 1. The molecule has 18 heavy (non-hydrogen) atoms. The first-order chi connectivity index (χ1) is 8.70. The smallest absolute Gasteiger partial charge is 0.373 e. The van der Waals surface area contributed by atoms with Crippen molar-refractivity contribution in [3.05, 3.63) is 22.9 Å². The lowest BCUT2D eigenvalue weighted by molar-refractivity contribution is 0.0661. The molecule has 0 amide bonds. The summed E-state index contributed by atoms with van der Waals surface area (Å²) in [6.07, 6.45) is 1.96. The third-order valence-electron chi connectivity index (χ3n) is 2.85. The van der Waals surface area contributed by atoms with E-state index in [1.807, 2.05) is 5.38 Å². The van der Waals surface area contributed by atoms with Gasteiger partial charge in [0, 0.05) is 5.92 Å². The Kier molecular flexibility index (Phi) is 2.59. The Morgan fingerprint density at radius 3 is 3.00 bits per heavy atom. The molecular weight excluding hydrogens is 254 g/mol. The molecule has 0 spiro atoms. The van der Waals surface area contributed by atoms with Crippen LogP contribution in [0.5, 0.6) is 5.75 Å². The van der Waals surface area contributed by atoms with Crippen LogP contribution in [0.15, 0.2) is 15.9 Å². The molecule has 1 aliphatic carbocycles. The summed E-state index contributed by atoms with van der Waals surface area (Å²) in [7, 11) is 1.56. The summed E-state index contributed by atoms with van der Waals surface area (Å²) in [6, 6.07) is 1.81. The fraction of sp³-hybridized carbons (Fsp3) is 0.333. The summed E-state index contributed by atoms with van der Waals surface area (Å²) in [4.78, 5) is 16.2. The van der Waals surface area contributed by atoms with Crippen LogP contribution in [0.2, 0.25) is 0 Å². The summed E-state index contributed by atoms with van der Waals surface area (Å²) in [5.74, 6) is 0.121. The number of carboxylic acid groups (broad SMARTS) is 1. The predicted octanol–water partition coefficient (Wildman–Crippen LogP) is 2.99. The highest BCUT2D eigenvalue weighted by atomic mass is 32.1. The number of ether oxygens (including phenoxy) is 1. The minimum atomic E-state index is -1.06. The monoisotopic (exact) mass is 265 g/mol. The standard InChI is InChI=1S/C12H11NO4S/c1-16-7-4-5-18-10(7)11-13-8(6-2-3-6)9(17-11)12(14)15/h4-6H,2-3H2,1H3,(H,14,15). The molecule has 1 N–H and O–H groups in total. The lowest BCUT2D eigenvalue weighted by atomic mass is 10.2. The van der Waals surface area contributed by atoms with Crippen LogP contribution in [0, 0.1) is 0 Å². The zero-order valence-electron chi connectivity index (χ0n) is 9.67. The Hall–Kier alpha value is -1.82. The molecule has 2 aromatic rings. The van der Waals surface area contributed by atoms with E-state index in [-0.39, 0.29) is 11.7 Å². The average molecular weight is 265 g/mol. The third kappa shape index (κ3) is 1.78. The van der Waals surface area contributed by atoms with Crippen LogP contribution in [0.25, 0.3) is 10.8 Å². The number of nitrogens with zero attached hydrogens (tertiary/aromatic N) is 1. The van der Waals surface area contributed by atoms with Crippen molar-refractivity contribution < 1.29 is 19.1 Å². The molecule has 5 nitrogen and oxygen atoms in total. The van der Waals surface area contributed by atoms with Crippen molar-refractivity contribution in [2.24, 2.45) is 0 Å². The van der Waals surface area contributed by atoms with Crippen LogP contribution in [0.1, 0.15) is 35.0 Å². The minimum absolute atomic E-state index is 0.0389. The SMILES string of the molecule is COc1ccsc1-c1nc(C2CC2)c(C(=O)O)o1. The van der Waals surface area contributed by atoms with Gasteiger partial charge in [-0.15, -0.1) is 11.3 Å². The highest BCUT2D eigenvalue weighted by Crippen LogP contribution is 2.44. The second-order valence-electron chi connectivity index (χ2n) is 4.13. The molecule has 3 rings (SSSR count). The summed E-state index contributed by atoms with van der Waals surface area (Å²) in [5, 5.41) is 11.0. The third-order valence-corrected chi connectivity index (χ3v) is 3.74. The summed E-state index contributed by atoms with van der Waals surface area (Å²) < 4.78 is 10.6. The van der Waals surface area contributed by atoms with Crippen LogP contribution in [-0.2, 0) is 0 Å². The summed E-state index contributed by atoms with van der Waals surface area (Å²) in [6.45, 7) is 0. The number of thiophene rings is 1. The molecule has 1 fully saturated rings. The molecule has 0 unspecified atom stereocenters. The summed E-state index contributed by atoms with van der Waals surface area (Å²) >= 11 is 1.42. The van der Waals surface area contributed by atoms with Crippen molar-refractivity contribution in [1.29, 1.82) is 0 Å². The number of hydrogen-bond acceptors (Lipinski definition) is 5. The van der Waals surface area contributed by atoms with E-state index >= 15 is 0 Å². The van der Waals surface area contributed by atoms with E-state index < -0.39 is 5.97 Å². The Labute approximate surface area is 107 Å². The Bertz CT molecular complexity index is 597. The van der Waals surface area contributed by atoms with E-state index in [0.717, 1.165) is 17.7 Å². The molecule has 0 bridgehead atoms. The van der Waals surface area contributed by atoms with Crippen LogP contribution in [0.3, 0.4) is 0 Å². The van der Waals surface area contributed by atoms with E-state index in [4.69, 9.17) is 14.3 Å². The number of rotatable bonds is 4. The van der Waals surface area contributed by atoms with Gasteiger partial charge in [-0.05, 0) is 24.3 Å². The largest absolute Gasteiger partial charge is 0.495 e. The maximum Gasteiger partial charge on any atom is 0.373 e. The van der Waals surface area contributed by atoms with E-state index in [1.165, 1.54) is 11.3 Å². The van der Waals surface area contributed by atoms with E-state index in [9.17, 15) is 4.79 Å². The van der Waals surface area contributed by atoms with Gasteiger partial charge in [0.05, 0.1) is 12.8 Å². The molecule has 0 aromatic carbocycles. The first kappa shape index (κ1) is 11.3. The van der Waals surface area contributed by atoms with Crippen molar-refractivity contribution in [3.8, 4) is 16.5 Å². The molecule has 2 heterocycles. The average Bonchev–Trinajstić information content (AvgIpc) is 2.94. The lowest BCUT2D eigenvalue weighted by Crippen LogP contribution is -1.98. The molecular formula is C12H11NO4S. The topological polar surface area (TPSA) is 72.6 Å². The van der Waals surface area contributed by atoms with E-state index in [1.54, 1.807) is 13.2 Å². The fourth-order valence-electron chi connectivity index (χ4n) is 1.83. The Morgan fingerprint density at radius 1 is 1.61 bits per heavy atom. The molecule has 1 aliphatic rings. The molecule has 6 heteroatoms. The van der Waals surface area contributed by atoms with Gasteiger partial charge in [0.15, 0.2) is 0 Å². The minimum Gasteiger partial charge on any atom is -0.495 e. The maximum atomic E-state index is 11.1. The van der Waals surface area contributed by atoms with Crippen LogP contribution in [-0.4, -0.2) is 23.2 Å². The number of aromatic nitrogens is 1. The normalized spacial score (nSPS) is 14.7. The quantitative estimate of drug-likeness (QED) is 0.920. The molecule has 0 radical (unpaired) electrons. The predicted molar refractivity (Wildman–Crippen MR) is 65.3 cm³/mol. The van der Waals surface area contributed by atoms with Gasteiger partial charge >= 0.3 is 5.97 Å². The Morgan fingerprint density at radius 2 is 2.39 bits per heavy atom. The lowest BCUT2D eigenvalue weighted by Gasteiger charge is -1.96. The first-order valence-corrected chi connectivity index (χ1v) is 6.44. The zero-order chi connectivity index (χ0) is 12.7. The van der Waals surface area contributed by atoms with Crippen molar-refractivity contribution in [2.75, 3.05) is 7.11 Å². The van der Waals surface area contributed by atoms with Crippen LogP contribution in [0.4, 0.5) is 0 Å². The maximum absolute atomic E-state index is 11.1. The van der Waals surface area contributed by atoms with Crippen LogP contribution >= 0.6 is 11.3 Å². The number of carboxylic acids is 1. The molecule has 0 saturated heterocycles. The first-order valence-electron chi connectivity index (χ1n) is 5.56. The van der Waals surface area contributed by atoms with Gasteiger partial charge in [0.1, 0.15) is 10.6 Å². The van der Waals surface area contributed by atoms with E-state index in [2.05, 4.69) is 4.98 Å². The van der Waals surface area contributed by atoms with Gasteiger partial charge in [-0.3, -0.25) is 0 Å². The zero-order valence-corrected chi connectivity index (χ0v) is 10.5. The number of methoxy groups -OCH3 is 1. The number of oxazole rings is 1. The second kappa shape index (κ2) is 4.13. The Balaban J connectivity index is 2.08. The van der Waals surface area contributed by atoms with Crippen LogP contribution < -0.4 is 4.74 Å². The van der Waals surface area contributed by atoms with Crippen molar-refractivity contribution >= 4 is 17.3 Å². The molecule has 0 aliphatic heterocycles. The number of hydrogen-bond donors (Lipinski definition) is 1. The van der Waals surface area contributed by atoms with Gasteiger partial charge in [0.2, 0.25) is 11.7 Å². The summed E-state index contributed by atoms with van der Waals surface area (Å²) in [5.41, 5.74) is 0.563. The fourth-order valence-corrected chi connectivity index (χ4v) is 2.61. The van der Waals surface area contributed by atoms with Crippen molar-refractivity contribution in [1.82, 2.24) is 4.98 Å². The molecule has 94 valence electrons. The highest BCUT2D eigenvalue weighted by Gasteiger charge is 2.34. The second-order valence-corrected chi connectivity index (χ2v) is 5.05. The highest BCUT2D eigenvalue weighted by molar-refractivity contribution is 7.13. The number of carbonyl (C=O) groups is 1. The van der Waals surface area contributed by atoms with Crippen molar-refractivity contribution in [3.63, 3.8) is 0 Å². The molecule has 2 aromatic heterocycles. The van der Waals surface area contributed by atoms with Gasteiger partial charge < -0.3 is 14.3 Å². The van der Waals surface area contributed by atoms with Gasteiger partial charge in [-0.25, -0.2) is 9.78 Å². The van der Waals surface area contributed by atoms with Gasteiger partial charge in [-0.1, -0.05) is 0 Å². The van der Waals surface area contributed by atoms with Crippen molar-refractivity contribution in [2.45, 2.75) is 18.8 Å².